The maximum absolute atomic E-state index is 12.6. The van der Waals surface area contributed by atoms with Crippen LogP contribution in [0.1, 0.15) is 29.0 Å². The van der Waals surface area contributed by atoms with Gasteiger partial charge in [-0.25, -0.2) is 13.4 Å². The van der Waals surface area contributed by atoms with Crippen LogP contribution in [0.4, 0.5) is 5.69 Å². The number of carbonyl (C=O) groups is 1. The minimum Gasteiger partial charge on any atom is -0.344 e. The molecule has 9 heteroatoms. The van der Waals surface area contributed by atoms with Crippen molar-refractivity contribution in [3.63, 3.8) is 0 Å². The molecule has 0 fully saturated rings. The van der Waals surface area contributed by atoms with E-state index >= 15 is 0 Å². The topological polar surface area (TPSA) is 92.6 Å². The van der Waals surface area contributed by atoms with Crippen LogP contribution < -0.4 is 10.0 Å². The molecule has 26 heavy (non-hydrogen) atoms. The summed E-state index contributed by atoms with van der Waals surface area (Å²) in [6.45, 7) is 1.83. The molecule has 0 unspecified atom stereocenters. The van der Waals surface area contributed by atoms with Gasteiger partial charge in [-0.1, -0.05) is 29.8 Å². The van der Waals surface area contributed by atoms with Crippen molar-refractivity contribution in [1.82, 2.24) is 14.7 Å². The third kappa shape index (κ3) is 3.97. The predicted molar refractivity (Wildman–Crippen MR) is 101 cm³/mol. The Kier molecular flexibility index (Phi) is 4.88. The van der Waals surface area contributed by atoms with E-state index in [4.69, 9.17) is 11.6 Å². The molecular formula is C17H17ClN4O3S. The zero-order valence-corrected chi connectivity index (χ0v) is 15.7. The zero-order chi connectivity index (χ0) is 18.9. The number of rotatable bonds is 5. The molecule has 136 valence electrons. The van der Waals surface area contributed by atoms with Crippen LogP contribution in [-0.4, -0.2) is 30.0 Å². The van der Waals surface area contributed by atoms with Gasteiger partial charge in [0, 0.05) is 11.9 Å². The van der Waals surface area contributed by atoms with Gasteiger partial charge in [0.1, 0.15) is 5.65 Å². The molecule has 0 radical (unpaired) electrons. The van der Waals surface area contributed by atoms with Gasteiger partial charge in [-0.3, -0.25) is 13.9 Å². The number of carbonyl (C=O) groups excluding carboxylic acids is 1. The molecule has 0 aliphatic heterocycles. The van der Waals surface area contributed by atoms with E-state index in [0.29, 0.717) is 11.3 Å². The second-order valence-corrected chi connectivity index (χ2v) is 7.98. The number of imidazole rings is 1. The Morgan fingerprint density at radius 1 is 1.19 bits per heavy atom. The van der Waals surface area contributed by atoms with E-state index in [1.54, 1.807) is 47.0 Å². The predicted octanol–water partition coefficient (Wildman–Crippen LogP) is 2.85. The van der Waals surface area contributed by atoms with Crippen molar-refractivity contribution in [1.29, 1.82) is 0 Å². The molecule has 7 nitrogen and oxygen atoms in total. The van der Waals surface area contributed by atoms with Crippen molar-refractivity contribution in [2.24, 2.45) is 0 Å². The van der Waals surface area contributed by atoms with Gasteiger partial charge in [-0.05, 0) is 36.8 Å². The molecule has 0 saturated carbocycles. The highest BCUT2D eigenvalue weighted by molar-refractivity contribution is 7.92. The summed E-state index contributed by atoms with van der Waals surface area (Å²) in [4.78, 5) is 16.8. The fourth-order valence-corrected chi connectivity index (χ4v) is 3.40. The number of fused-ring (bicyclic) bond motifs is 1. The van der Waals surface area contributed by atoms with Crippen molar-refractivity contribution < 1.29 is 13.2 Å². The Morgan fingerprint density at radius 3 is 2.54 bits per heavy atom. The average molecular weight is 393 g/mol. The molecule has 2 heterocycles. The van der Waals surface area contributed by atoms with Gasteiger partial charge in [0.2, 0.25) is 10.0 Å². The quantitative estimate of drug-likeness (QED) is 0.698. The third-order valence-electron chi connectivity index (χ3n) is 3.76. The summed E-state index contributed by atoms with van der Waals surface area (Å²) in [5.41, 5.74) is 2.14. The molecule has 0 aliphatic rings. The molecule has 1 amide bonds. The maximum Gasteiger partial charge on any atom is 0.272 e. The van der Waals surface area contributed by atoms with Crippen LogP contribution in [0.5, 0.6) is 0 Å². The monoisotopic (exact) mass is 392 g/mol. The summed E-state index contributed by atoms with van der Waals surface area (Å²) >= 11 is 6.12. The summed E-state index contributed by atoms with van der Waals surface area (Å²) < 4.78 is 26.5. The molecule has 3 aromatic rings. The highest BCUT2D eigenvalue weighted by Crippen LogP contribution is 2.20. The van der Waals surface area contributed by atoms with E-state index in [1.165, 1.54) is 0 Å². The first kappa shape index (κ1) is 18.2. The fraction of sp³-hybridized carbons (Fsp3) is 0.176. The number of halogens is 1. The second-order valence-electron chi connectivity index (χ2n) is 5.87. The first-order valence-electron chi connectivity index (χ1n) is 7.76. The molecule has 1 aromatic carbocycles. The number of sulfonamides is 1. The van der Waals surface area contributed by atoms with E-state index in [0.717, 1.165) is 11.8 Å². The van der Waals surface area contributed by atoms with Crippen molar-refractivity contribution in [2.75, 3.05) is 11.0 Å². The van der Waals surface area contributed by atoms with Crippen LogP contribution in [0, 0.1) is 0 Å². The first-order chi connectivity index (χ1) is 12.2. The molecule has 0 spiro atoms. The highest BCUT2D eigenvalue weighted by Gasteiger charge is 2.20. The number of aromatic nitrogens is 2. The second kappa shape index (κ2) is 6.97. The maximum atomic E-state index is 12.6. The minimum absolute atomic E-state index is 0.133. The van der Waals surface area contributed by atoms with E-state index in [9.17, 15) is 13.2 Å². The lowest BCUT2D eigenvalue weighted by Gasteiger charge is -2.15. The van der Waals surface area contributed by atoms with Crippen LogP contribution >= 0.6 is 11.6 Å². The van der Waals surface area contributed by atoms with Crippen LogP contribution in [0.3, 0.4) is 0 Å². The van der Waals surface area contributed by atoms with Crippen LogP contribution in [0.15, 0.2) is 48.7 Å². The number of benzene rings is 1. The number of nitrogens with zero attached hydrogens (tertiary/aromatic N) is 2. The SMILES string of the molecule is C[C@@H](NC(=O)c1c(Cl)nc2ccccn12)c1ccc(NS(C)(=O)=O)cc1. The molecule has 0 saturated heterocycles. The van der Waals surface area contributed by atoms with E-state index in [-0.39, 0.29) is 22.8 Å². The molecule has 0 bridgehead atoms. The van der Waals surface area contributed by atoms with Crippen molar-refractivity contribution >= 4 is 38.9 Å². The lowest BCUT2D eigenvalue weighted by molar-refractivity contribution is 0.0934. The molecule has 2 N–H and O–H groups in total. The van der Waals surface area contributed by atoms with Crippen molar-refractivity contribution in [3.8, 4) is 0 Å². The van der Waals surface area contributed by atoms with Crippen LogP contribution in [0.2, 0.25) is 5.15 Å². The van der Waals surface area contributed by atoms with Crippen LogP contribution in [-0.2, 0) is 10.0 Å². The molecule has 3 rings (SSSR count). The van der Waals surface area contributed by atoms with Crippen LogP contribution in [0.25, 0.3) is 5.65 Å². The van der Waals surface area contributed by atoms with E-state index < -0.39 is 10.0 Å². The highest BCUT2D eigenvalue weighted by atomic mass is 35.5. The van der Waals surface area contributed by atoms with Gasteiger partial charge in [0.05, 0.1) is 12.3 Å². The molecular weight excluding hydrogens is 376 g/mol. The summed E-state index contributed by atoms with van der Waals surface area (Å²) in [6, 6.07) is 11.8. The largest absolute Gasteiger partial charge is 0.344 e. The Balaban J connectivity index is 1.78. The Bertz CT molecular complexity index is 1060. The summed E-state index contributed by atoms with van der Waals surface area (Å²) in [5, 5.41) is 3.01. The zero-order valence-electron chi connectivity index (χ0n) is 14.1. The standard InChI is InChI=1S/C17H17ClN4O3S/c1-11(12-6-8-13(9-7-12)21-26(2,24)25)19-17(23)15-16(18)20-14-5-3-4-10-22(14)15/h3-11,21H,1-2H3,(H,19,23)/t11-/m1/s1. The van der Waals surface area contributed by atoms with Gasteiger partial charge in [0.25, 0.3) is 5.91 Å². The van der Waals surface area contributed by atoms with Gasteiger partial charge < -0.3 is 5.32 Å². The molecule has 2 aromatic heterocycles. The summed E-state index contributed by atoms with van der Waals surface area (Å²) in [6.07, 6.45) is 2.81. The van der Waals surface area contributed by atoms with E-state index in [1.807, 2.05) is 13.0 Å². The number of hydrogen-bond donors (Lipinski definition) is 2. The Hall–Kier alpha value is -2.58. The third-order valence-corrected chi connectivity index (χ3v) is 4.63. The number of nitrogens with one attached hydrogen (secondary N) is 2. The normalized spacial score (nSPS) is 12.7. The van der Waals surface area contributed by atoms with Crippen molar-refractivity contribution in [2.45, 2.75) is 13.0 Å². The van der Waals surface area contributed by atoms with Gasteiger partial charge in [-0.15, -0.1) is 0 Å². The summed E-state index contributed by atoms with van der Waals surface area (Å²) in [7, 11) is -3.33. The number of hydrogen-bond acceptors (Lipinski definition) is 4. The lowest BCUT2D eigenvalue weighted by Crippen LogP contribution is -2.28. The molecule has 1 atom stereocenters. The first-order valence-corrected chi connectivity index (χ1v) is 10.0. The van der Waals surface area contributed by atoms with Crippen molar-refractivity contribution in [3.05, 3.63) is 65.1 Å². The van der Waals surface area contributed by atoms with Gasteiger partial charge >= 0.3 is 0 Å². The smallest absolute Gasteiger partial charge is 0.272 e. The minimum atomic E-state index is -3.33. The Morgan fingerprint density at radius 2 is 1.88 bits per heavy atom. The van der Waals surface area contributed by atoms with Gasteiger partial charge in [0.15, 0.2) is 10.8 Å². The number of pyridine rings is 1. The molecule has 0 aliphatic carbocycles. The van der Waals surface area contributed by atoms with E-state index in [2.05, 4.69) is 15.0 Å². The van der Waals surface area contributed by atoms with Gasteiger partial charge in [-0.2, -0.15) is 0 Å². The lowest BCUT2D eigenvalue weighted by atomic mass is 10.1. The number of anilines is 1. The number of amides is 1. The summed E-state index contributed by atoms with van der Waals surface area (Å²) in [5.74, 6) is -0.348. The Labute approximate surface area is 156 Å². The average Bonchev–Trinajstić information content (AvgIpc) is 2.89. The fourth-order valence-electron chi connectivity index (χ4n) is 2.57.